The molecule has 1 aliphatic rings. The van der Waals surface area contributed by atoms with Crippen molar-refractivity contribution in [2.24, 2.45) is 0 Å². The average molecular weight is 233 g/mol. The van der Waals surface area contributed by atoms with Crippen LogP contribution in [0, 0.1) is 20.8 Å². The summed E-state index contributed by atoms with van der Waals surface area (Å²) < 4.78 is 0. The first kappa shape index (κ1) is 12.6. The van der Waals surface area contributed by atoms with E-state index >= 15 is 0 Å². The Kier molecular flexibility index (Phi) is 3.28. The van der Waals surface area contributed by atoms with Gasteiger partial charge in [0, 0.05) is 6.04 Å². The van der Waals surface area contributed by atoms with Crippen molar-refractivity contribution in [3.63, 3.8) is 0 Å². The Balaban J connectivity index is 2.41. The van der Waals surface area contributed by atoms with Crippen LogP contribution in [0.1, 0.15) is 42.0 Å². The van der Waals surface area contributed by atoms with Gasteiger partial charge in [-0.05, 0) is 57.2 Å². The van der Waals surface area contributed by atoms with Crippen LogP contribution in [0.3, 0.4) is 0 Å². The maximum Gasteiger partial charge on any atom is 0.0652 e. The highest BCUT2D eigenvalue weighted by molar-refractivity contribution is 5.42. The fourth-order valence-electron chi connectivity index (χ4n) is 2.93. The van der Waals surface area contributed by atoms with Gasteiger partial charge in [0.2, 0.25) is 0 Å². The first-order valence-electron chi connectivity index (χ1n) is 6.43. The number of rotatable bonds is 4. The molecule has 2 nitrogen and oxygen atoms in total. The van der Waals surface area contributed by atoms with Crippen LogP contribution < -0.4 is 5.32 Å². The number of aliphatic hydroxyl groups is 1. The summed E-state index contributed by atoms with van der Waals surface area (Å²) in [5.41, 5.74) is 4.79. The van der Waals surface area contributed by atoms with Crippen LogP contribution >= 0.6 is 0 Å². The number of benzene rings is 1. The van der Waals surface area contributed by atoms with E-state index in [0.29, 0.717) is 6.04 Å². The third-order valence-electron chi connectivity index (χ3n) is 3.65. The second kappa shape index (κ2) is 4.43. The van der Waals surface area contributed by atoms with Gasteiger partial charge >= 0.3 is 0 Å². The van der Waals surface area contributed by atoms with Crippen molar-refractivity contribution < 1.29 is 5.11 Å². The molecule has 0 amide bonds. The molecule has 0 spiro atoms. The standard InChI is InChI=1S/C15H23NO/c1-10-7-11(2)14(12(3)8-10)15(4,9-17)16-13-5-6-13/h7-8,13,16-17H,5-6,9H2,1-4H3. The normalized spacial score (nSPS) is 19.1. The van der Waals surface area contributed by atoms with Gasteiger partial charge in [0.15, 0.2) is 0 Å². The Labute approximate surface area is 104 Å². The zero-order valence-corrected chi connectivity index (χ0v) is 11.3. The predicted molar refractivity (Wildman–Crippen MR) is 71.2 cm³/mol. The van der Waals surface area contributed by atoms with E-state index in [1.165, 1.54) is 35.1 Å². The lowest BCUT2D eigenvalue weighted by molar-refractivity contribution is 0.172. The Morgan fingerprint density at radius 1 is 1.24 bits per heavy atom. The van der Waals surface area contributed by atoms with E-state index in [-0.39, 0.29) is 12.1 Å². The van der Waals surface area contributed by atoms with Gasteiger partial charge in [0.1, 0.15) is 0 Å². The molecule has 1 aromatic rings. The van der Waals surface area contributed by atoms with Crippen LogP contribution in [0.2, 0.25) is 0 Å². The zero-order valence-electron chi connectivity index (χ0n) is 11.3. The zero-order chi connectivity index (χ0) is 12.6. The van der Waals surface area contributed by atoms with E-state index in [2.05, 4.69) is 45.1 Å². The number of hydrogen-bond acceptors (Lipinski definition) is 2. The SMILES string of the molecule is Cc1cc(C)c(C(C)(CO)NC2CC2)c(C)c1. The second-order valence-corrected chi connectivity index (χ2v) is 5.68. The molecule has 1 saturated carbocycles. The summed E-state index contributed by atoms with van der Waals surface area (Å²) in [6, 6.07) is 4.99. The van der Waals surface area contributed by atoms with Crippen LogP contribution in [0.15, 0.2) is 12.1 Å². The molecule has 0 aromatic heterocycles. The van der Waals surface area contributed by atoms with Crippen LogP contribution in [-0.4, -0.2) is 17.8 Å². The van der Waals surface area contributed by atoms with E-state index in [9.17, 15) is 5.11 Å². The molecular weight excluding hydrogens is 210 g/mol. The summed E-state index contributed by atoms with van der Waals surface area (Å²) in [6.45, 7) is 8.65. The van der Waals surface area contributed by atoms with Crippen molar-refractivity contribution in [2.75, 3.05) is 6.61 Å². The van der Waals surface area contributed by atoms with Gasteiger partial charge in [0.25, 0.3) is 0 Å². The van der Waals surface area contributed by atoms with Crippen LogP contribution in [0.5, 0.6) is 0 Å². The second-order valence-electron chi connectivity index (χ2n) is 5.68. The molecule has 1 fully saturated rings. The lowest BCUT2D eigenvalue weighted by Gasteiger charge is -2.33. The highest BCUT2D eigenvalue weighted by Crippen LogP contribution is 2.32. The molecule has 2 heteroatoms. The van der Waals surface area contributed by atoms with Gasteiger partial charge < -0.3 is 10.4 Å². The molecular formula is C15H23NO. The molecule has 0 radical (unpaired) electrons. The molecule has 1 aliphatic carbocycles. The maximum absolute atomic E-state index is 9.77. The van der Waals surface area contributed by atoms with Crippen molar-refractivity contribution in [3.05, 3.63) is 34.4 Å². The number of aliphatic hydroxyl groups excluding tert-OH is 1. The molecule has 0 aliphatic heterocycles. The maximum atomic E-state index is 9.77. The molecule has 2 rings (SSSR count). The monoisotopic (exact) mass is 233 g/mol. The van der Waals surface area contributed by atoms with E-state index in [1.807, 2.05) is 0 Å². The quantitative estimate of drug-likeness (QED) is 0.837. The fraction of sp³-hybridized carbons (Fsp3) is 0.600. The lowest BCUT2D eigenvalue weighted by atomic mass is 9.84. The van der Waals surface area contributed by atoms with E-state index in [1.54, 1.807) is 0 Å². The Bertz CT molecular complexity index is 400. The Morgan fingerprint density at radius 3 is 2.18 bits per heavy atom. The topological polar surface area (TPSA) is 32.3 Å². The Hall–Kier alpha value is -0.860. The molecule has 0 heterocycles. The summed E-state index contributed by atoms with van der Waals surface area (Å²) in [4.78, 5) is 0. The van der Waals surface area contributed by atoms with Crippen molar-refractivity contribution in [1.82, 2.24) is 5.32 Å². The van der Waals surface area contributed by atoms with Gasteiger partial charge in [-0.25, -0.2) is 0 Å². The molecule has 94 valence electrons. The third kappa shape index (κ3) is 2.53. The van der Waals surface area contributed by atoms with Gasteiger partial charge in [0.05, 0.1) is 12.1 Å². The highest BCUT2D eigenvalue weighted by atomic mass is 16.3. The van der Waals surface area contributed by atoms with E-state index in [0.717, 1.165) is 0 Å². The number of aryl methyl sites for hydroxylation is 3. The van der Waals surface area contributed by atoms with Crippen molar-refractivity contribution in [2.45, 2.75) is 52.1 Å². The first-order valence-corrected chi connectivity index (χ1v) is 6.43. The van der Waals surface area contributed by atoms with Crippen molar-refractivity contribution in [1.29, 1.82) is 0 Å². The molecule has 1 aromatic carbocycles. The third-order valence-corrected chi connectivity index (χ3v) is 3.65. The van der Waals surface area contributed by atoms with Crippen LogP contribution in [0.25, 0.3) is 0 Å². The molecule has 2 N–H and O–H groups in total. The lowest BCUT2D eigenvalue weighted by Crippen LogP contribution is -2.45. The van der Waals surface area contributed by atoms with Gasteiger partial charge in [-0.1, -0.05) is 17.7 Å². The first-order chi connectivity index (χ1) is 7.96. The van der Waals surface area contributed by atoms with Crippen LogP contribution in [0.4, 0.5) is 0 Å². The fourth-order valence-corrected chi connectivity index (χ4v) is 2.93. The summed E-state index contributed by atoms with van der Waals surface area (Å²) >= 11 is 0. The van der Waals surface area contributed by atoms with Crippen molar-refractivity contribution >= 4 is 0 Å². The van der Waals surface area contributed by atoms with E-state index in [4.69, 9.17) is 0 Å². The summed E-state index contributed by atoms with van der Waals surface area (Å²) in [6.07, 6.45) is 2.47. The Morgan fingerprint density at radius 2 is 1.76 bits per heavy atom. The minimum Gasteiger partial charge on any atom is -0.394 e. The van der Waals surface area contributed by atoms with Crippen LogP contribution in [-0.2, 0) is 5.54 Å². The van der Waals surface area contributed by atoms with Gasteiger partial charge in [-0.15, -0.1) is 0 Å². The number of nitrogens with one attached hydrogen (secondary N) is 1. The molecule has 0 saturated heterocycles. The highest BCUT2D eigenvalue weighted by Gasteiger charge is 2.35. The average Bonchev–Trinajstić information content (AvgIpc) is 2.99. The summed E-state index contributed by atoms with van der Waals surface area (Å²) in [7, 11) is 0. The largest absolute Gasteiger partial charge is 0.394 e. The van der Waals surface area contributed by atoms with Gasteiger partial charge in [-0.3, -0.25) is 0 Å². The van der Waals surface area contributed by atoms with Crippen molar-refractivity contribution in [3.8, 4) is 0 Å². The summed E-state index contributed by atoms with van der Waals surface area (Å²) in [5.74, 6) is 0. The molecule has 0 bridgehead atoms. The minimum absolute atomic E-state index is 0.147. The molecule has 1 atom stereocenters. The molecule has 17 heavy (non-hydrogen) atoms. The molecule has 1 unspecified atom stereocenters. The minimum atomic E-state index is -0.303. The van der Waals surface area contributed by atoms with E-state index < -0.39 is 0 Å². The predicted octanol–water partition coefficient (Wildman–Crippen LogP) is 2.57. The smallest absolute Gasteiger partial charge is 0.0652 e. The number of hydrogen-bond donors (Lipinski definition) is 2. The summed E-state index contributed by atoms with van der Waals surface area (Å²) in [5, 5.41) is 13.4. The van der Waals surface area contributed by atoms with Gasteiger partial charge in [-0.2, -0.15) is 0 Å².